The normalized spacial score (nSPS) is 11.6. The number of carbonyl (C=O) groups excluding carboxylic acids is 2. The van der Waals surface area contributed by atoms with Gasteiger partial charge < -0.3 is 9.84 Å². The molecule has 2 aromatic rings. The third-order valence-electron chi connectivity index (χ3n) is 3.43. The van der Waals surface area contributed by atoms with Crippen molar-refractivity contribution in [1.82, 2.24) is 0 Å². The molecule has 2 aromatic carbocycles. The van der Waals surface area contributed by atoms with Crippen LogP contribution in [0.15, 0.2) is 48.5 Å². The number of aliphatic carboxylic acids is 1. The summed E-state index contributed by atoms with van der Waals surface area (Å²) in [5.41, 5.74) is 0.914. The van der Waals surface area contributed by atoms with Gasteiger partial charge in [0.05, 0.1) is 11.5 Å². The highest BCUT2D eigenvalue weighted by molar-refractivity contribution is 6.12. The standard InChI is InChI=1S/C18H16O5/c1-11(18(21)22)13-7-3-4-8-14(13)17(20)15-9-5-6-10-16(15)23-12(2)19/h3-11H,1-2H3,(H,21,22)/t11-/m1/s1. The number of benzene rings is 2. The average Bonchev–Trinajstić information content (AvgIpc) is 2.53. The van der Waals surface area contributed by atoms with Gasteiger partial charge in [0.25, 0.3) is 0 Å². The quantitative estimate of drug-likeness (QED) is 0.521. The van der Waals surface area contributed by atoms with Crippen LogP contribution in [0.3, 0.4) is 0 Å². The van der Waals surface area contributed by atoms with Crippen LogP contribution in [0.4, 0.5) is 0 Å². The smallest absolute Gasteiger partial charge is 0.310 e. The first-order chi connectivity index (χ1) is 10.9. The summed E-state index contributed by atoms with van der Waals surface area (Å²) in [6.07, 6.45) is 0. The van der Waals surface area contributed by atoms with Crippen LogP contribution in [0, 0.1) is 0 Å². The molecule has 0 aliphatic carbocycles. The predicted octanol–water partition coefficient (Wildman–Crippen LogP) is 3.03. The van der Waals surface area contributed by atoms with Crippen molar-refractivity contribution in [2.75, 3.05) is 0 Å². The fourth-order valence-electron chi connectivity index (χ4n) is 2.26. The highest BCUT2D eigenvalue weighted by Crippen LogP contribution is 2.26. The van der Waals surface area contributed by atoms with Crippen LogP contribution < -0.4 is 4.74 Å². The number of ether oxygens (including phenoxy) is 1. The molecule has 0 aliphatic heterocycles. The van der Waals surface area contributed by atoms with E-state index in [9.17, 15) is 19.5 Å². The molecule has 1 atom stereocenters. The summed E-state index contributed by atoms with van der Waals surface area (Å²) in [7, 11) is 0. The predicted molar refractivity (Wildman–Crippen MR) is 83.7 cm³/mol. The number of hydrogen-bond acceptors (Lipinski definition) is 4. The molecule has 2 rings (SSSR count). The Morgan fingerprint density at radius 2 is 1.52 bits per heavy atom. The van der Waals surface area contributed by atoms with Crippen molar-refractivity contribution >= 4 is 17.7 Å². The summed E-state index contributed by atoms with van der Waals surface area (Å²) in [6, 6.07) is 12.9. The van der Waals surface area contributed by atoms with E-state index in [-0.39, 0.29) is 22.7 Å². The SMILES string of the molecule is CC(=O)Oc1ccccc1C(=O)c1ccccc1[C@@H](C)C(=O)O. The van der Waals surface area contributed by atoms with E-state index < -0.39 is 17.9 Å². The lowest BCUT2D eigenvalue weighted by atomic mass is 9.91. The van der Waals surface area contributed by atoms with Gasteiger partial charge in [-0.2, -0.15) is 0 Å². The second-order valence-electron chi connectivity index (χ2n) is 5.07. The molecule has 23 heavy (non-hydrogen) atoms. The molecule has 0 bridgehead atoms. The van der Waals surface area contributed by atoms with Gasteiger partial charge in [-0.25, -0.2) is 0 Å². The number of carboxylic acid groups (broad SMARTS) is 1. The van der Waals surface area contributed by atoms with E-state index in [4.69, 9.17) is 4.74 Å². The van der Waals surface area contributed by atoms with Crippen LogP contribution in [-0.4, -0.2) is 22.8 Å². The number of carbonyl (C=O) groups is 3. The zero-order chi connectivity index (χ0) is 17.0. The lowest BCUT2D eigenvalue weighted by Gasteiger charge is -2.13. The zero-order valence-corrected chi connectivity index (χ0v) is 12.8. The lowest BCUT2D eigenvalue weighted by molar-refractivity contribution is -0.138. The maximum Gasteiger partial charge on any atom is 0.310 e. The van der Waals surface area contributed by atoms with Crippen molar-refractivity contribution in [2.45, 2.75) is 19.8 Å². The van der Waals surface area contributed by atoms with Gasteiger partial charge in [-0.3, -0.25) is 14.4 Å². The van der Waals surface area contributed by atoms with Crippen molar-refractivity contribution < 1.29 is 24.2 Å². The molecule has 0 spiro atoms. The molecular weight excluding hydrogens is 296 g/mol. The van der Waals surface area contributed by atoms with E-state index in [0.717, 1.165) is 0 Å². The molecule has 0 heterocycles. The van der Waals surface area contributed by atoms with Gasteiger partial charge in [0, 0.05) is 12.5 Å². The molecule has 0 amide bonds. The first-order valence-corrected chi connectivity index (χ1v) is 7.05. The number of rotatable bonds is 5. The van der Waals surface area contributed by atoms with Crippen molar-refractivity contribution in [3.8, 4) is 5.75 Å². The van der Waals surface area contributed by atoms with E-state index in [0.29, 0.717) is 5.56 Å². The molecule has 1 N–H and O–H groups in total. The maximum absolute atomic E-state index is 12.8. The molecule has 0 aliphatic rings. The fraction of sp³-hybridized carbons (Fsp3) is 0.167. The Labute approximate surface area is 133 Å². The minimum absolute atomic E-state index is 0.155. The Hall–Kier alpha value is -2.95. The molecule has 118 valence electrons. The third kappa shape index (κ3) is 3.63. The fourth-order valence-corrected chi connectivity index (χ4v) is 2.26. The van der Waals surface area contributed by atoms with Gasteiger partial charge in [0.2, 0.25) is 0 Å². The Balaban J connectivity index is 2.51. The first-order valence-electron chi connectivity index (χ1n) is 7.05. The minimum atomic E-state index is -1.02. The van der Waals surface area contributed by atoms with Crippen molar-refractivity contribution in [2.24, 2.45) is 0 Å². The highest BCUT2D eigenvalue weighted by atomic mass is 16.5. The topological polar surface area (TPSA) is 80.7 Å². The van der Waals surface area contributed by atoms with Gasteiger partial charge >= 0.3 is 11.9 Å². The van der Waals surface area contributed by atoms with E-state index in [1.807, 2.05) is 0 Å². The molecule has 0 fully saturated rings. The van der Waals surface area contributed by atoms with Crippen molar-refractivity contribution in [3.05, 3.63) is 65.2 Å². The van der Waals surface area contributed by atoms with E-state index >= 15 is 0 Å². The van der Waals surface area contributed by atoms with Crippen LogP contribution in [0.2, 0.25) is 0 Å². The number of ketones is 1. The number of esters is 1. The Kier molecular flexibility index (Phi) is 4.91. The van der Waals surface area contributed by atoms with E-state index in [1.54, 1.807) is 42.5 Å². The molecule has 5 heteroatoms. The summed E-state index contributed by atoms with van der Waals surface area (Å²) < 4.78 is 5.06. The second kappa shape index (κ2) is 6.87. The van der Waals surface area contributed by atoms with Gasteiger partial charge in [-0.1, -0.05) is 36.4 Å². The number of hydrogen-bond donors (Lipinski definition) is 1. The van der Waals surface area contributed by atoms with Crippen molar-refractivity contribution in [3.63, 3.8) is 0 Å². The van der Waals surface area contributed by atoms with Crippen molar-refractivity contribution in [1.29, 1.82) is 0 Å². The van der Waals surface area contributed by atoms with Gasteiger partial charge in [-0.05, 0) is 24.6 Å². The summed E-state index contributed by atoms with van der Waals surface area (Å²) in [5, 5.41) is 9.21. The first kappa shape index (κ1) is 16.4. The van der Waals surface area contributed by atoms with Crippen LogP contribution >= 0.6 is 0 Å². The van der Waals surface area contributed by atoms with Crippen LogP contribution in [0.1, 0.15) is 41.3 Å². The van der Waals surface area contributed by atoms with Gasteiger partial charge in [-0.15, -0.1) is 0 Å². The lowest BCUT2D eigenvalue weighted by Crippen LogP contribution is -2.14. The highest BCUT2D eigenvalue weighted by Gasteiger charge is 2.23. The second-order valence-corrected chi connectivity index (χ2v) is 5.07. The summed E-state index contributed by atoms with van der Waals surface area (Å²) >= 11 is 0. The number of carboxylic acids is 1. The summed E-state index contributed by atoms with van der Waals surface area (Å²) in [6.45, 7) is 2.77. The minimum Gasteiger partial charge on any atom is -0.481 e. The molecule has 0 unspecified atom stereocenters. The zero-order valence-electron chi connectivity index (χ0n) is 12.8. The average molecular weight is 312 g/mol. The van der Waals surface area contributed by atoms with Crippen LogP contribution in [0.5, 0.6) is 5.75 Å². The summed E-state index contributed by atoms with van der Waals surface area (Å²) in [4.78, 5) is 35.2. The monoisotopic (exact) mass is 312 g/mol. The van der Waals surface area contributed by atoms with Gasteiger partial charge in [0.15, 0.2) is 5.78 Å². The molecule has 0 aromatic heterocycles. The van der Waals surface area contributed by atoms with E-state index in [2.05, 4.69) is 0 Å². The van der Waals surface area contributed by atoms with Gasteiger partial charge in [0.1, 0.15) is 5.75 Å². The third-order valence-corrected chi connectivity index (χ3v) is 3.43. The van der Waals surface area contributed by atoms with E-state index in [1.165, 1.54) is 19.9 Å². The Bertz CT molecular complexity index is 764. The largest absolute Gasteiger partial charge is 0.481 e. The Morgan fingerprint density at radius 3 is 2.13 bits per heavy atom. The molecule has 0 saturated heterocycles. The molecular formula is C18H16O5. The van der Waals surface area contributed by atoms with Crippen LogP contribution in [-0.2, 0) is 9.59 Å². The van der Waals surface area contributed by atoms with Crippen LogP contribution in [0.25, 0.3) is 0 Å². The molecule has 0 radical (unpaired) electrons. The number of para-hydroxylation sites is 1. The molecule has 5 nitrogen and oxygen atoms in total. The molecule has 0 saturated carbocycles. The summed E-state index contributed by atoms with van der Waals surface area (Å²) in [5.74, 6) is -2.60. The Morgan fingerprint density at radius 1 is 0.957 bits per heavy atom. The maximum atomic E-state index is 12.8.